The number of aromatic amines is 2. The molecule has 29 nitrogen and oxygen atoms in total. The number of carbonyl (C=O) groups is 3. The van der Waals surface area contributed by atoms with Crippen LogP contribution in [0.4, 0.5) is 39.5 Å². The molecule has 0 aliphatic carbocycles. The molecule has 5 N–H and O–H groups in total. The number of hydrogen-bond acceptors (Lipinski definition) is 21. The van der Waals surface area contributed by atoms with Gasteiger partial charge in [-0.3, -0.25) is 57.9 Å². The van der Waals surface area contributed by atoms with Gasteiger partial charge in [0.2, 0.25) is 5.92 Å². The summed E-state index contributed by atoms with van der Waals surface area (Å²) >= 11 is 6.53. The second kappa shape index (κ2) is 27.4. The number of halogens is 10. The summed E-state index contributed by atoms with van der Waals surface area (Å²) in [5, 5.41) is 34.2. The third kappa shape index (κ3) is 13.9. The maximum atomic E-state index is 12.7. The number of allylic oxidation sites excluding steroid dienone is 1. The van der Waals surface area contributed by atoms with Crippen molar-refractivity contribution in [3.63, 3.8) is 0 Å². The molecule has 1 unspecified atom stereocenters. The predicted molar refractivity (Wildman–Crippen MR) is 359 cm³/mol. The Kier molecular flexibility index (Phi) is 18.1. The molecular weight excluding hydrogens is 1460 g/mol. The number of ether oxygens (including phenoxy) is 5. The number of pyridine rings is 5. The normalized spacial score (nSPS) is 14.2. The number of nitrogens with one attached hydrogen (secondary N) is 2. The highest BCUT2D eigenvalue weighted by Crippen LogP contribution is 2.36. The van der Waals surface area contributed by atoms with Gasteiger partial charge in [0.1, 0.15) is 40.3 Å². The van der Waals surface area contributed by atoms with Gasteiger partial charge in [-0.15, -0.1) is 39.5 Å². The average Bonchev–Trinajstić information content (AvgIpc) is 1.56. The lowest BCUT2D eigenvalue weighted by molar-refractivity contribution is -0.494. The van der Waals surface area contributed by atoms with Crippen molar-refractivity contribution in [3.05, 3.63) is 205 Å². The molecule has 1 atom stereocenters. The molecule has 544 valence electrons. The van der Waals surface area contributed by atoms with Gasteiger partial charge in [0.25, 0.3) is 16.7 Å². The number of alkyl halides is 9. The highest BCUT2D eigenvalue weighted by molar-refractivity contribution is 6.36. The van der Waals surface area contributed by atoms with Crippen LogP contribution < -0.4 is 35.1 Å². The SMILES string of the molecule is CCOC(=O)c1ncn2c1[nH]c(=O)c1cnc3ccc(OC(F)(F)F)cc3c12.O=C(O)C1C(O)=CC=[n+]2c1nc1c(CN3CCOCC3)cnc3ccc(Cl)c2c31.O=C(O)c1cccn2c(=O)c3cnc4ccc(OC(F)(F)F)cc4c3nc12.O=c1c2cnc3ccc(OC(F)(F)F)cc3c2nc2cc[nH]n12. The van der Waals surface area contributed by atoms with E-state index in [1.54, 1.807) is 35.7 Å². The van der Waals surface area contributed by atoms with Crippen LogP contribution in [0.5, 0.6) is 17.2 Å². The van der Waals surface area contributed by atoms with Crippen LogP contribution in [-0.2, 0) is 20.8 Å². The lowest BCUT2D eigenvalue weighted by Gasteiger charge is -2.26. The molecule has 1 fully saturated rings. The minimum absolute atomic E-state index is 0.0336. The Morgan fingerprint density at radius 1 is 0.673 bits per heavy atom. The fraction of sp³-hybridized carbons (Fsp3) is 0.162. The largest absolute Gasteiger partial charge is 0.573 e. The fourth-order valence-corrected chi connectivity index (χ4v) is 12.4. The first-order chi connectivity index (χ1) is 51.0. The van der Waals surface area contributed by atoms with Gasteiger partial charge in [0, 0.05) is 90.7 Å². The molecule has 11 aromatic heterocycles. The molecule has 4 aromatic carbocycles. The van der Waals surface area contributed by atoms with Crippen LogP contribution in [0.25, 0.3) is 104 Å². The fourth-order valence-electron chi connectivity index (χ4n) is 12.2. The van der Waals surface area contributed by atoms with E-state index in [-0.39, 0.29) is 95.3 Å². The van der Waals surface area contributed by atoms with Crippen LogP contribution in [0.15, 0.2) is 155 Å². The van der Waals surface area contributed by atoms with Crippen molar-refractivity contribution >= 4 is 134 Å². The molecular formula is C68H44ClF9N15O14+. The van der Waals surface area contributed by atoms with E-state index in [1.807, 2.05) is 6.07 Å². The zero-order valence-corrected chi connectivity index (χ0v) is 54.8. The second-order valence-electron chi connectivity index (χ2n) is 23.3. The number of carboxylic acid groups (broad SMARTS) is 2. The molecule has 0 saturated carbocycles. The number of nitrogens with zero attached hydrogens (tertiary/aromatic N) is 13. The van der Waals surface area contributed by atoms with Gasteiger partial charge >= 0.3 is 42.8 Å². The van der Waals surface area contributed by atoms with E-state index in [0.717, 1.165) is 64.3 Å². The van der Waals surface area contributed by atoms with E-state index in [1.165, 1.54) is 88.7 Å². The first-order valence-electron chi connectivity index (χ1n) is 31.3. The Morgan fingerprint density at radius 2 is 1.25 bits per heavy atom. The van der Waals surface area contributed by atoms with Crippen molar-refractivity contribution in [1.82, 2.24) is 68.2 Å². The Labute approximate surface area is 590 Å². The number of aliphatic hydroxyl groups is 1. The smallest absolute Gasteiger partial charge is 0.511 e. The van der Waals surface area contributed by atoms with E-state index in [9.17, 15) is 83.6 Å². The third-order valence-electron chi connectivity index (χ3n) is 16.7. The van der Waals surface area contributed by atoms with Gasteiger partial charge in [-0.05, 0) is 90.8 Å². The van der Waals surface area contributed by atoms with E-state index in [0.29, 0.717) is 57.9 Å². The molecule has 13 heterocycles. The standard InChI is InChI=1S/C20H17ClN4O4.C17H11F3N4O4.C17H8F3N3O4.C14H7F3N4O2/c21-12-1-2-13-15-17(11(9-22-13)10-24-5-7-29-8-6-24)23-19-16(20(27)28)14(26)3-4-25(19)18(12)15;1-2-27-16(26)12-14-23-15(25)10-6-21-11-4-3-8(28-17(18,19)20)5-9(11)13(10)24(14)7-22-12;18-17(19,20)27-8-3-4-12-10(6-8)13-11(7-21-12)15(24)23-5-1-2-9(16(25)26)14(23)22-13;15-14(16,17)23-7-1-2-10-8(5-7)12-9(6-18-10)13(22)21-11(20-12)3-4-19-21/h1-4,9,16H,5-8,10H2,(H,27,28);3-7H,2H2,1H3,(H,23,25);1-7H,(H,25,26);1-6,19H/p+1. The highest BCUT2D eigenvalue weighted by Gasteiger charge is 2.39. The van der Waals surface area contributed by atoms with E-state index < -0.39 is 71.3 Å². The number of aromatic nitrogens is 14. The summed E-state index contributed by atoms with van der Waals surface area (Å²) in [7, 11) is 0. The van der Waals surface area contributed by atoms with E-state index >= 15 is 0 Å². The Balaban J connectivity index is 0.000000120. The summed E-state index contributed by atoms with van der Waals surface area (Å²) in [5.41, 5.74) is 2.87. The van der Waals surface area contributed by atoms with E-state index in [4.69, 9.17) is 26.1 Å². The van der Waals surface area contributed by atoms with Crippen LogP contribution in [0.2, 0.25) is 5.02 Å². The van der Waals surface area contributed by atoms with Crippen LogP contribution in [0.1, 0.15) is 45.1 Å². The Bertz CT molecular complexity index is 6500. The molecule has 15 aromatic rings. The lowest BCUT2D eigenvalue weighted by Crippen LogP contribution is -2.37. The number of rotatable bonds is 9. The number of imidazole rings is 1. The van der Waals surface area contributed by atoms with Crippen LogP contribution >= 0.6 is 11.6 Å². The number of carbonyl (C=O) groups excluding carboxylic acids is 1. The molecule has 17 rings (SSSR count). The van der Waals surface area contributed by atoms with Gasteiger partial charge in [0.15, 0.2) is 33.7 Å². The number of H-pyrrole nitrogens is 2. The zero-order chi connectivity index (χ0) is 75.7. The topological polar surface area (TPSA) is 366 Å². The minimum atomic E-state index is -4.89. The Morgan fingerprint density at radius 3 is 1.86 bits per heavy atom. The van der Waals surface area contributed by atoms with Gasteiger partial charge in [-0.1, -0.05) is 11.6 Å². The predicted octanol–water partition coefficient (Wildman–Crippen LogP) is 10.3. The number of fused-ring (bicyclic) bond motifs is 15. The molecule has 0 bridgehead atoms. The summed E-state index contributed by atoms with van der Waals surface area (Å²) < 4.78 is 140. The second-order valence-corrected chi connectivity index (χ2v) is 23.7. The summed E-state index contributed by atoms with van der Waals surface area (Å²) in [4.78, 5) is 112. The van der Waals surface area contributed by atoms with Crippen LogP contribution in [0.3, 0.4) is 0 Å². The minimum Gasteiger partial charge on any atom is -0.511 e. The van der Waals surface area contributed by atoms with Crippen molar-refractivity contribution in [1.29, 1.82) is 0 Å². The first kappa shape index (κ1) is 70.8. The number of carboxylic acids is 2. The molecule has 0 amide bonds. The van der Waals surface area contributed by atoms with Gasteiger partial charge in [-0.25, -0.2) is 29.1 Å². The molecule has 0 radical (unpaired) electrons. The number of benzene rings is 4. The van der Waals surface area contributed by atoms with Crippen LogP contribution in [-0.4, -0.2) is 153 Å². The molecule has 107 heavy (non-hydrogen) atoms. The number of morpholine rings is 1. The number of aliphatic carboxylic acids is 1. The number of esters is 1. The van der Waals surface area contributed by atoms with Gasteiger partial charge < -0.3 is 44.0 Å². The summed E-state index contributed by atoms with van der Waals surface area (Å²) in [6.45, 7) is 5.30. The van der Waals surface area contributed by atoms with Crippen molar-refractivity contribution in [2.75, 3.05) is 32.9 Å². The molecule has 39 heteroatoms. The molecule has 1 saturated heterocycles. The first-order valence-corrected chi connectivity index (χ1v) is 31.6. The maximum absolute atomic E-state index is 12.7. The maximum Gasteiger partial charge on any atom is 0.573 e. The highest BCUT2D eigenvalue weighted by atomic mass is 35.5. The Hall–Kier alpha value is -13.2. The third-order valence-corrected chi connectivity index (χ3v) is 17.0. The van der Waals surface area contributed by atoms with Crippen LogP contribution in [0, 0.1) is 6.21 Å². The lowest BCUT2D eigenvalue weighted by atomic mass is 10.0. The number of aliphatic hydroxyl groups excluding tert-OH is 1. The molecule has 2 aliphatic rings. The molecule has 2 aliphatic heterocycles. The van der Waals surface area contributed by atoms with Crippen molar-refractivity contribution in [2.45, 2.75) is 38.5 Å². The zero-order valence-electron chi connectivity index (χ0n) is 54.0. The van der Waals surface area contributed by atoms with Crippen molar-refractivity contribution < 1.29 is 97.1 Å². The van der Waals surface area contributed by atoms with Gasteiger partial charge in [-0.2, -0.15) is 4.24 Å². The average molecular weight is 1500 g/mol. The van der Waals surface area contributed by atoms with Gasteiger partial charge in [0.05, 0.1) is 85.8 Å². The number of aromatic carboxylic acids is 1. The number of hydrogen-bond donors (Lipinski definition) is 5. The summed E-state index contributed by atoms with van der Waals surface area (Å²) in [6.07, 6.45) is -1.76. The molecule has 0 spiro atoms. The van der Waals surface area contributed by atoms with Crippen molar-refractivity contribution in [2.24, 2.45) is 0 Å². The monoisotopic (exact) mass is 1500 g/mol. The summed E-state index contributed by atoms with van der Waals surface area (Å²) in [6, 6.07) is 18.6. The summed E-state index contributed by atoms with van der Waals surface area (Å²) in [5.74, 6) is -5.87. The van der Waals surface area contributed by atoms with Crippen molar-refractivity contribution in [3.8, 4) is 17.2 Å². The van der Waals surface area contributed by atoms with E-state index in [2.05, 4.69) is 64.1 Å². The quantitative estimate of drug-likeness (QED) is 0.0295.